The van der Waals surface area contributed by atoms with Crippen LogP contribution < -0.4 is 5.73 Å². The molecule has 1 aliphatic heterocycles. The van der Waals surface area contributed by atoms with Crippen molar-refractivity contribution in [2.75, 3.05) is 18.8 Å². The number of fused-ring (bicyclic) bond motifs is 1. The summed E-state index contributed by atoms with van der Waals surface area (Å²) in [6.45, 7) is 1.68. The molecular weight excluding hydrogens is 292 g/mol. The topological polar surface area (TPSA) is 46.3 Å². The minimum atomic E-state index is 0.0710. The molecule has 5 heteroatoms. The van der Waals surface area contributed by atoms with Gasteiger partial charge in [-0.25, -0.2) is 0 Å². The van der Waals surface area contributed by atoms with Crippen molar-refractivity contribution < 1.29 is 4.79 Å². The molecule has 0 spiro atoms. The van der Waals surface area contributed by atoms with Gasteiger partial charge in [0.1, 0.15) is 4.88 Å². The lowest BCUT2D eigenvalue weighted by molar-refractivity contribution is 0.0767. The molecule has 1 aromatic heterocycles. The molecule has 3 nitrogen and oxygen atoms in total. The van der Waals surface area contributed by atoms with Crippen LogP contribution in [-0.2, 0) is 0 Å². The number of hydrogen-bond donors (Lipinski definition) is 1. The lowest BCUT2D eigenvalue weighted by atomic mass is 10.2. The predicted molar refractivity (Wildman–Crippen MR) is 85.6 cm³/mol. The van der Waals surface area contributed by atoms with Crippen molar-refractivity contribution in [3.63, 3.8) is 0 Å². The molecule has 20 heavy (non-hydrogen) atoms. The van der Waals surface area contributed by atoms with E-state index in [0.717, 1.165) is 36.0 Å². The SMILES string of the molecule is Nc1c(C(=O)N2CCCCCC2)sc2cc(Cl)ccc12. The number of halogens is 1. The number of hydrogen-bond acceptors (Lipinski definition) is 3. The van der Waals surface area contributed by atoms with E-state index in [0.29, 0.717) is 15.6 Å². The zero-order valence-electron chi connectivity index (χ0n) is 11.2. The first-order valence-electron chi connectivity index (χ1n) is 6.93. The third kappa shape index (κ3) is 2.50. The Hall–Kier alpha value is -1.26. The average molecular weight is 309 g/mol. The van der Waals surface area contributed by atoms with Crippen molar-refractivity contribution in [3.05, 3.63) is 28.1 Å². The summed E-state index contributed by atoms with van der Waals surface area (Å²) in [7, 11) is 0. The van der Waals surface area contributed by atoms with Gasteiger partial charge in [0.05, 0.1) is 5.69 Å². The highest BCUT2D eigenvalue weighted by Gasteiger charge is 2.22. The van der Waals surface area contributed by atoms with Gasteiger partial charge in [-0.05, 0) is 31.0 Å². The Kier molecular flexibility index (Phi) is 3.85. The van der Waals surface area contributed by atoms with Gasteiger partial charge in [-0.15, -0.1) is 11.3 Å². The van der Waals surface area contributed by atoms with E-state index in [1.165, 1.54) is 24.2 Å². The molecular formula is C15H17ClN2OS. The van der Waals surface area contributed by atoms with Gasteiger partial charge >= 0.3 is 0 Å². The fourth-order valence-electron chi connectivity index (χ4n) is 2.67. The highest BCUT2D eigenvalue weighted by Crippen LogP contribution is 2.36. The van der Waals surface area contributed by atoms with E-state index in [-0.39, 0.29) is 5.91 Å². The van der Waals surface area contributed by atoms with Crippen molar-refractivity contribution in [1.29, 1.82) is 0 Å². The summed E-state index contributed by atoms with van der Waals surface area (Å²) in [5.41, 5.74) is 6.75. The van der Waals surface area contributed by atoms with Crippen LogP contribution in [0.5, 0.6) is 0 Å². The largest absolute Gasteiger partial charge is 0.397 e. The summed E-state index contributed by atoms with van der Waals surface area (Å²) in [6.07, 6.45) is 4.59. The summed E-state index contributed by atoms with van der Waals surface area (Å²) < 4.78 is 0.980. The molecule has 1 fully saturated rings. The summed E-state index contributed by atoms with van der Waals surface area (Å²) in [5, 5.41) is 1.60. The maximum absolute atomic E-state index is 12.7. The number of amides is 1. The summed E-state index contributed by atoms with van der Waals surface area (Å²) in [6, 6.07) is 5.58. The molecule has 1 aromatic carbocycles. The molecule has 2 N–H and O–H groups in total. The second kappa shape index (κ2) is 5.62. The van der Waals surface area contributed by atoms with Crippen LogP contribution in [-0.4, -0.2) is 23.9 Å². The van der Waals surface area contributed by atoms with E-state index in [2.05, 4.69) is 0 Å². The van der Waals surface area contributed by atoms with Crippen molar-refractivity contribution in [2.24, 2.45) is 0 Å². The normalized spacial score (nSPS) is 16.4. The van der Waals surface area contributed by atoms with Gasteiger partial charge in [-0.2, -0.15) is 0 Å². The molecule has 2 aromatic rings. The van der Waals surface area contributed by atoms with E-state index in [4.69, 9.17) is 17.3 Å². The first-order chi connectivity index (χ1) is 9.66. The number of thiophene rings is 1. The van der Waals surface area contributed by atoms with Crippen LogP contribution in [0.4, 0.5) is 5.69 Å². The predicted octanol–water partition coefficient (Wildman–Crippen LogP) is 4.15. The third-order valence-corrected chi connectivity index (χ3v) is 5.17. The van der Waals surface area contributed by atoms with Crippen molar-refractivity contribution in [3.8, 4) is 0 Å². The molecule has 1 aliphatic rings. The second-order valence-corrected chi connectivity index (χ2v) is 6.68. The van der Waals surface area contributed by atoms with Crippen molar-refractivity contribution in [1.82, 2.24) is 4.90 Å². The fourth-order valence-corrected chi connectivity index (χ4v) is 4.03. The average Bonchev–Trinajstić information content (AvgIpc) is 2.65. The van der Waals surface area contributed by atoms with Crippen LogP contribution in [0.25, 0.3) is 10.1 Å². The van der Waals surface area contributed by atoms with Gasteiger partial charge in [0.2, 0.25) is 0 Å². The number of carbonyl (C=O) groups is 1. The smallest absolute Gasteiger partial charge is 0.266 e. The van der Waals surface area contributed by atoms with Crippen LogP contribution in [0.15, 0.2) is 18.2 Å². The molecule has 0 atom stereocenters. The Morgan fingerprint density at radius 1 is 1.20 bits per heavy atom. The minimum Gasteiger partial charge on any atom is -0.397 e. The Labute approximate surface area is 127 Å². The van der Waals surface area contributed by atoms with Gasteiger partial charge in [-0.3, -0.25) is 4.79 Å². The number of carbonyl (C=O) groups excluding carboxylic acids is 1. The Morgan fingerprint density at radius 3 is 2.60 bits per heavy atom. The lowest BCUT2D eigenvalue weighted by Crippen LogP contribution is -2.31. The molecule has 2 heterocycles. The Bertz CT molecular complexity index is 645. The van der Waals surface area contributed by atoms with Crippen molar-refractivity contribution in [2.45, 2.75) is 25.7 Å². The maximum atomic E-state index is 12.7. The highest BCUT2D eigenvalue weighted by atomic mass is 35.5. The number of nitrogens with two attached hydrogens (primary N) is 1. The zero-order valence-corrected chi connectivity index (χ0v) is 12.8. The molecule has 0 radical (unpaired) electrons. The van der Waals surface area contributed by atoms with Gasteiger partial charge in [-0.1, -0.05) is 24.4 Å². The van der Waals surface area contributed by atoms with E-state index >= 15 is 0 Å². The monoisotopic (exact) mass is 308 g/mol. The summed E-state index contributed by atoms with van der Waals surface area (Å²) >= 11 is 7.45. The molecule has 3 rings (SSSR count). The van der Waals surface area contributed by atoms with Gasteiger partial charge < -0.3 is 10.6 Å². The number of nitrogen functional groups attached to an aromatic ring is 1. The standard InChI is InChI=1S/C15H17ClN2OS/c16-10-5-6-11-12(9-10)20-14(13(11)17)15(19)18-7-3-1-2-4-8-18/h5-6,9H,1-4,7-8,17H2. The number of nitrogens with zero attached hydrogens (tertiary/aromatic N) is 1. The quantitative estimate of drug-likeness (QED) is 0.860. The van der Waals surface area contributed by atoms with E-state index in [1.54, 1.807) is 0 Å². The van der Waals surface area contributed by atoms with E-state index < -0.39 is 0 Å². The van der Waals surface area contributed by atoms with E-state index in [9.17, 15) is 4.79 Å². The van der Waals surface area contributed by atoms with Crippen LogP contribution in [0.1, 0.15) is 35.4 Å². The highest BCUT2D eigenvalue weighted by molar-refractivity contribution is 7.21. The van der Waals surface area contributed by atoms with Crippen LogP contribution in [0.3, 0.4) is 0 Å². The third-order valence-electron chi connectivity index (χ3n) is 3.78. The molecule has 0 bridgehead atoms. The van der Waals surface area contributed by atoms with Crippen LogP contribution >= 0.6 is 22.9 Å². The number of rotatable bonds is 1. The molecule has 106 valence electrons. The number of anilines is 1. The molecule has 1 saturated heterocycles. The summed E-state index contributed by atoms with van der Waals surface area (Å²) in [4.78, 5) is 15.2. The number of benzene rings is 1. The lowest BCUT2D eigenvalue weighted by Gasteiger charge is -2.19. The van der Waals surface area contributed by atoms with Gasteiger partial charge in [0.25, 0.3) is 5.91 Å². The maximum Gasteiger partial charge on any atom is 0.266 e. The first kappa shape index (κ1) is 13.7. The Balaban J connectivity index is 1.96. The van der Waals surface area contributed by atoms with Crippen LogP contribution in [0.2, 0.25) is 5.02 Å². The van der Waals surface area contributed by atoms with E-state index in [1.807, 2.05) is 23.1 Å². The first-order valence-corrected chi connectivity index (χ1v) is 8.13. The van der Waals surface area contributed by atoms with Crippen LogP contribution in [0, 0.1) is 0 Å². The Morgan fingerprint density at radius 2 is 1.90 bits per heavy atom. The minimum absolute atomic E-state index is 0.0710. The zero-order chi connectivity index (χ0) is 14.1. The molecule has 0 aliphatic carbocycles. The fraction of sp³-hybridized carbons (Fsp3) is 0.400. The van der Waals surface area contributed by atoms with Crippen molar-refractivity contribution >= 4 is 44.6 Å². The number of likely N-dealkylation sites (tertiary alicyclic amines) is 1. The molecule has 0 unspecified atom stereocenters. The van der Waals surface area contributed by atoms with Gasteiger partial charge in [0, 0.05) is 28.2 Å². The molecule has 0 saturated carbocycles. The second-order valence-electron chi connectivity index (χ2n) is 5.19. The van der Waals surface area contributed by atoms with Gasteiger partial charge in [0.15, 0.2) is 0 Å². The summed E-state index contributed by atoms with van der Waals surface area (Å²) in [5.74, 6) is 0.0710. The molecule has 1 amide bonds.